The number of halogens is 1. The first kappa shape index (κ1) is 27.6. The zero-order valence-electron chi connectivity index (χ0n) is 22.2. The predicted octanol–water partition coefficient (Wildman–Crippen LogP) is 5.00. The number of nitrogens with zero attached hydrogens (tertiary/aromatic N) is 2. The molecule has 1 saturated heterocycles. The maximum absolute atomic E-state index is 15.1. The fraction of sp³-hybridized carbons (Fsp3) is 0.276. The Bertz CT molecular complexity index is 1610. The molecule has 0 spiro atoms. The molecule has 0 radical (unpaired) electrons. The van der Waals surface area contributed by atoms with Crippen molar-refractivity contribution in [3.8, 4) is 23.0 Å². The average Bonchev–Trinajstić information content (AvgIpc) is 2.95. The Morgan fingerprint density at radius 2 is 1.80 bits per heavy atom. The molecule has 210 valence electrons. The maximum Gasteiger partial charge on any atom is 0.262 e. The van der Waals surface area contributed by atoms with E-state index in [4.69, 9.17) is 18.9 Å². The van der Waals surface area contributed by atoms with Crippen molar-refractivity contribution >= 4 is 26.6 Å². The number of aryl methyl sites for hydroxylation is 1. The number of aromatic nitrogens is 1. The van der Waals surface area contributed by atoms with Crippen molar-refractivity contribution in [1.29, 1.82) is 0 Å². The summed E-state index contributed by atoms with van der Waals surface area (Å²) in [5, 5.41) is 0.601. The lowest BCUT2D eigenvalue weighted by Gasteiger charge is -2.26. The van der Waals surface area contributed by atoms with E-state index >= 15 is 4.39 Å². The van der Waals surface area contributed by atoms with E-state index in [2.05, 4.69) is 14.6 Å². The van der Waals surface area contributed by atoms with Gasteiger partial charge in [0.25, 0.3) is 10.0 Å². The molecule has 0 amide bonds. The summed E-state index contributed by atoms with van der Waals surface area (Å²) in [6, 6.07) is 15.6. The van der Waals surface area contributed by atoms with E-state index in [1.54, 1.807) is 56.6 Å². The van der Waals surface area contributed by atoms with Crippen molar-refractivity contribution in [3.63, 3.8) is 0 Å². The number of pyridine rings is 1. The van der Waals surface area contributed by atoms with Crippen LogP contribution in [0.25, 0.3) is 10.9 Å². The second-order valence-electron chi connectivity index (χ2n) is 9.25. The molecule has 9 nitrogen and oxygen atoms in total. The standard InChI is InChI=1S/C29H30FN3O6S/c1-20-5-3-4-6-29(20)40(34,35)32-21-7-8-26(23(30)17-21)39-25-9-10-31-24-19-28(27(36-2)18-22(24)25)38-16-13-33-11-14-37-15-12-33/h3-10,17-19,32H,11-16H2,1-2H3. The highest BCUT2D eigenvalue weighted by Crippen LogP contribution is 2.38. The molecule has 1 aliphatic rings. The van der Waals surface area contributed by atoms with E-state index in [-0.39, 0.29) is 16.3 Å². The van der Waals surface area contributed by atoms with Crippen LogP contribution in [0.1, 0.15) is 5.56 Å². The summed E-state index contributed by atoms with van der Waals surface area (Å²) in [4.78, 5) is 6.81. The third-order valence-corrected chi connectivity index (χ3v) is 8.08. The van der Waals surface area contributed by atoms with Crippen LogP contribution in [0.3, 0.4) is 0 Å². The summed E-state index contributed by atoms with van der Waals surface area (Å²) >= 11 is 0. The second kappa shape index (κ2) is 12.1. The number of hydrogen-bond acceptors (Lipinski definition) is 8. The number of benzene rings is 3. The minimum atomic E-state index is -3.89. The number of morpholine rings is 1. The van der Waals surface area contributed by atoms with Crippen LogP contribution in [-0.2, 0) is 14.8 Å². The third-order valence-electron chi connectivity index (χ3n) is 6.54. The number of ether oxygens (including phenoxy) is 4. The molecule has 1 fully saturated rings. The lowest BCUT2D eigenvalue weighted by molar-refractivity contribution is 0.0321. The molecule has 4 aromatic rings. The van der Waals surface area contributed by atoms with Gasteiger partial charge in [0.05, 0.1) is 36.4 Å². The number of hydrogen-bond donors (Lipinski definition) is 1. The van der Waals surface area contributed by atoms with Gasteiger partial charge in [-0.1, -0.05) is 18.2 Å². The lowest BCUT2D eigenvalue weighted by atomic mass is 10.1. The van der Waals surface area contributed by atoms with Crippen LogP contribution >= 0.6 is 0 Å². The van der Waals surface area contributed by atoms with Crippen molar-refractivity contribution in [2.45, 2.75) is 11.8 Å². The van der Waals surface area contributed by atoms with Gasteiger partial charge in [-0.05, 0) is 42.8 Å². The molecule has 1 N–H and O–H groups in total. The Balaban J connectivity index is 1.33. The number of methoxy groups -OCH3 is 1. The van der Waals surface area contributed by atoms with E-state index in [9.17, 15) is 8.42 Å². The minimum Gasteiger partial charge on any atom is -0.493 e. The molecular formula is C29H30FN3O6S. The van der Waals surface area contributed by atoms with Crippen LogP contribution in [-0.4, -0.2) is 64.9 Å². The SMILES string of the molecule is COc1cc2c(Oc3ccc(NS(=O)(=O)c4ccccc4C)cc3F)ccnc2cc1OCCN1CCOCC1. The molecule has 11 heteroatoms. The smallest absolute Gasteiger partial charge is 0.262 e. The Hall–Kier alpha value is -3.93. The molecule has 5 rings (SSSR count). The molecule has 40 heavy (non-hydrogen) atoms. The number of sulfonamides is 1. The third kappa shape index (κ3) is 6.27. The largest absolute Gasteiger partial charge is 0.493 e. The van der Waals surface area contributed by atoms with E-state index in [0.717, 1.165) is 38.9 Å². The van der Waals surface area contributed by atoms with Gasteiger partial charge in [-0.3, -0.25) is 14.6 Å². The molecule has 0 atom stereocenters. The second-order valence-corrected chi connectivity index (χ2v) is 10.9. The molecule has 1 aliphatic heterocycles. The Morgan fingerprint density at radius 3 is 2.55 bits per heavy atom. The van der Waals surface area contributed by atoms with Crippen LogP contribution in [0.5, 0.6) is 23.0 Å². The monoisotopic (exact) mass is 567 g/mol. The van der Waals surface area contributed by atoms with Gasteiger partial charge in [0, 0.05) is 43.4 Å². The summed E-state index contributed by atoms with van der Waals surface area (Å²) in [5.41, 5.74) is 1.25. The molecule has 0 unspecified atom stereocenters. The van der Waals surface area contributed by atoms with Gasteiger partial charge in [-0.15, -0.1) is 0 Å². The van der Waals surface area contributed by atoms with E-state index in [1.807, 2.05) is 0 Å². The number of nitrogens with one attached hydrogen (secondary N) is 1. The fourth-order valence-electron chi connectivity index (χ4n) is 4.43. The van der Waals surface area contributed by atoms with Gasteiger partial charge < -0.3 is 18.9 Å². The minimum absolute atomic E-state index is 0.0730. The van der Waals surface area contributed by atoms with Gasteiger partial charge in [-0.25, -0.2) is 12.8 Å². The maximum atomic E-state index is 15.1. The predicted molar refractivity (Wildman–Crippen MR) is 150 cm³/mol. The van der Waals surface area contributed by atoms with Crippen LogP contribution < -0.4 is 18.9 Å². The van der Waals surface area contributed by atoms with Gasteiger partial charge in [-0.2, -0.15) is 0 Å². The average molecular weight is 568 g/mol. The highest BCUT2D eigenvalue weighted by Gasteiger charge is 2.19. The van der Waals surface area contributed by atoms with Crippen molar-refractivity contribution in [3.05, 3.63) is 78.2 Å². The number of rotatable bonds is 10. The van der Waals surface area contributed by atoms with Gasteiger partial charge >= 0.3 is 0 Å². The Labute approximate surface area is 232 Å². The van der Waals surface area contributed by atoms with E-state index in [1.165, 1.54) is 18.2 Å². The molecular weight excluding hydrogens is 537 g/mol. The van der Waals surface area contributed by atoms with Gasteiger partial charge in [0.2, 0.25) is 0 Å². The molecule has 2 heterocycles. The summed E-state index contributed by atoms with van der Waals surface area (Å²) in [7, 11) is -2.34. The highest BCUT2D eigenvalue weighted by atomic mass is 32.2. The summed E-state index contributed by atoms with van der Waals surface area (Å²) in [6.45, 7) is 6.12. The lowest BCUT2D eigenvalue weighted by Crippen LogP contribution is -2.38. The first-order valence-corrected chi connectivity index (χ1v) is 14.3. The van der Waals surface area contributed by atoms with Crippen molar-refractivity contribution < 1.29 is 31.8 Å². The molecule has 0 bridgehead atoms. The molecule has 0 aliphatic carbocycles. The summed E-state index contributed by atoms with van der Waals surface area (Å²) < 4.78 is 65.9. The first-order chi connectivity index (χ1) is 19.3. The van der Waals surface area contributed by atoms with E-state index < -0.39 is 15.8 Å². The van der Waals surface area contributed by atoms with Crippen molar-refractivity contribution in [1.82, 2.24) is 9.88 Å². The van der Waals surface area contributed by atoms with Crippen molar-refractivity contribution in [2.75, 3.05) is 51.3 Å². The molecule has 0 saturated carbocycles. The zero-order chi connectivity index (χ0) is 28.1. The highest BCUT2D eigenvalue weighted by molar-refractivity contribution is 7.92. The zero-order valence-corrected chi connectivity index (χ0v) is 23.0. The Morgan fingerprint density at radius 1 is 1.00 bits per heavy atom. The van der Waals surface area contributed by atoms with Crippen LogP contribution in [0.4, 0.5) is 10.1 Å². The van der Waals surface area contributed by atoms with Crippen LogP contribution in [0.2, 0.25) is 0 Å². The van der Waals surface area contributed by atoms with E-state index in [0.29, 0.717) is 40.3 Å². The topological polar surface area (TPSA) is 99.2 Å². The quantitative estimate of drug-likeness (QED) is 0.286. The molecule has 1 aromatic heterocycles. The van der Waals surface area contributed by atoms with Crippen LogP contribution in [0.15, 0.2) is 71.8 Å². The fourth-order valence-corrected chi connectivity index (χ4v) is 5.73. The number of anilines is 1. The summed E-state index contributed by atoms with van der Waals surface area (Å²) in [6.07, 6.45) is 1.56. The normalized spacial score (nSPS) is 14.2. The molecule has 3 aromatic carbocycles. The van der Waals surface area contributed by atoms with Crippen molar-refractivity contribution in [2.24, 2.45) is 0 Å². The van der Waals surface area contributed by atoms with Crippen LogP contribution in [0, 0.1) is 12.7 Å². The van der Waals surface area contributed by atoms with Gasteiger partial charge in [0.1, 0.15) is 12.4 Å². The van der Waals surface area contributed by atoms with Gasteiger partial charge in [0.15, 0.2) is 23.1 Å². The number of fused-ring (bicyclic) bond motifs is 1. The first-order valence-electron chi connectivity index (χ1n) is 12.8. The Kier molecular flexibility index (Phi) is 8.34. The summed E-state index contributed by atoms with van der Waals surface area (Å²) in [5.74, 6) is 0.592.